The van der Waals surface area contributed by atoms with Gasteiger partial charge in [-0.2, -0.15) is 11.8 Å². The summed E-state index contributed by atoms with van der Waals surface area (Å²) in [5.41, 5.74) is 0.0264. The van der Waals surface area contributed by atoms with Crippen LogP contribution in [-0.2, 0) is 30.5 Å². The summed E-state index contributed by atoms with van der Waals surface area (Å²) in [7, 11) is 0. The molecule has 0 spiro atoms. The molecule has 0 aliphatic carbocycles. The van der Waals surface area contributed by atoms with E-state index in [2.05, 4.69) is 26.6 Å². The molecule has 14 nitrogen and oxygen atoms in total. The Morgan fingerprint density at radius 1 is 0.804 bits per heavy atom. The van der Waals surface area contributed by atoms with Gasteiger partial charge in [-0.1, -0.05) is 60.6 Å². The molecule has 1 rings (SSSR count). The van der Waals surface area contributed by atoms with Gasteiger partial charge in [0.05, 0.1) is 24.1 Å². The minimum atomic E-state index is -1.31. The number of thioether (sulfide) groups is 1. The number of benzene rings is 1. The van der Waals surface area contributed by atoms with Crippen molar-refractivity contribution in [2.45, 2.75) is 124 Å². The van der Waals surface area contributed by atoms with E-state index in [1.165, 1.54) is 23.9 Å². The number of carbonyl (C=O) groups excluding carboxylic acids is 5. The van der Waals surface area contributed by atoms with Crippen LogP contribution in [0.2, 0.25) is 0 Å². The lowest BCUT2D eigenvalue weighted by Gasteiger charge is -2.30. The highest BCUT2D eigenvalue weighted by atomic mass is 32.2. The van der Waals surface area contributed by atoms with Crippen LogP contribution in [0.3, 0.4) is 0 Å². The maximum atomic E-state index is 13.6. The molecule has 0 saturated heterocycles. The van der Waals surface area contributed by atoms with E-state index in [4.69, 9.17) is 9.84 Å². The lowest BCUT2D eigenvalue weighted by atomic mass is 9.96. The largest absolute Gasteiger partial charge is 0.478 e. The van der Waals surface area contributed by atoms with Crippen LogP contribution < -0.4 is 26.6 Å². The Morgan fingerprint density at radius 2 is 1.37 bits per heavy atom. The average molecular weight is 738 g/mol. The average Bonchev–Trinajstić information content (AvgIpc) is 3.01. The zero-order valence-electron chi connectivity index (χ0n) is 31.6. The van der Waals surface area contributed by atoms with E-state index in [1.807, 2.05) is 20.8 Å². The molecule has 0 aliphatic heterocycles. The van der Waals surface area contributed by atoms with Gasteiger partial charge in [0.15, 0.2) is 0 Å². The molecule has 0 radical (unpaired) electrons. The SMILES string of the molecule is CCSC[C@H](NC(=O)[C@@H](NC(=O)OC(C)(C)C)C(C)C)C(=O)N[C@@H](CC(C)C)[C@@H](O)CC(=O)N[C@H](C(=O)NCc1ccc(C(=O)O)cc1)C(C)C. The fourth-order valence-corrected chi connectivity index (χ4v) is 5.62. The monoisotopic (exact) mass is 737 g/mol. The molecule has 0 saturated carbocycles. The van der Waals surface area contributed by atoms with Crippen molar-refractivity contribution in [2.75, 3.05) is 11.5 Å². The highest BCUT2D eigenvalue weighted by molar-refractivity contribution is 7.99. The summed E-state index contributed by atoms with van der Waals surface area (Å²) in [5.74, 6) is -2.92. The highest BCUT2D eigenvalue weighted by Crippen LogP contribution is 2.15. The smallest absolute Gasteiger partial charge is 0.408 e. The lowest BCUT2D eigenvalue weighted by Crippen LogP contribution is -2.58. The number of carboxylic acid groups (broad SMARTS) is 1. The van der Waals surface area contributed by atoms with Crippen molar-refractivity contribution in [3.8, 4) is 0 Å². The van der Waals surface area contributed by atoms with Gasteiger partial charge < -0.3 is 41.5 Å². The molecule has 5 amide bonds. The minimum Gasteiger partial charge on any atom is -0.478 e. The van der Waals surface area contributed by atoms with Gasteiger partial charge >= 0.3 is 12.1 Å². The standard InChI is InChI=1S/C36H59N5O9S/c1-11-51-19-26(39-33(46)30(22(6)7)41-35(49)50-36(8,9)10)31(44)38-25(16-20(2)3)27(42)17-28(43)40-29(21(4)5)32(45)37-18-23-12-14-24(15-13-23)34(47)48/h12-15,20-22,25-27,29-30,42H,11,16-19H2,1-10H3,(H,37,45)(H,38,44)(H,39,46)(H,40,43)(H,41,49)(H,47,48)/t25-,26-,27-,29-,30-/m0/s1. The molecule has 1 aromatic carbocycles. The lowest BCUT2D eigenvalue weighted by molar-refractivity contribution is -0.132. The number of hydrogen-bond acceptors (Lipinski definition) is 9. The van der Waals surface area contributed by atoms with Crippen LogP contribution in [0.4, 0.5) is 4.79 Å². The van der Waals surface area contributed by atoms with Gasteiger partial charge in [0.2, 0.25) is 23.6 Å². The first-order valence-corrected chi connectivity index (χ1v) is 18.6. The Labute approximate surface area is 306 Å². The van der Waals surface area contributed by atoms with E-state index in [1.54, 1.807) is 60.6 Å². The number of aromatic carboxylic acids is 1. The number of hydrogen-bond donors (Lipinski definition) is 7. The topological polar surface area (TPSA) is 212 Å². The zero-order chi connectivity index (χ0) is 39.1. The molecular formula is C36H59N5O9S. The summed E-state index contributed by atoms with van der Waals surface area (Å²) in [5, 5.41) is 33.9. The van der Waals surface area contributed by atoms with Crippen LogP contribution in [-0.4, -0.2) is 93.3 Å². The maximum Gasteiger partial charge on any atom is 0.408 e. The van der Waals surface area contributed by atoms with Crippen molar-refractivity contribution in [3.05, 3.63) is 35.4 Å². The normalized spacial score (nSPS) is 14.5. The van der Waals surface area contributed by atoms with Crippen molar-refractivity contribution in [3.63, 3.8) is 0 Å². The van der Waals surface area contributed by atoms with Crippen LogP contribution in [0.15, 0.2) is 24.3 Å². The van der Waals surface area contributed by atoms with E-state index >= 15 is 0 Å². The van der Waals surface area contributed by atoms with Gasteiger partial charge in [-0.15, -0.1) is 0 Å². The van der Waals surface area contributed by atoms with Crippen LogP contribution >= 0.6 is 11.8 Å². The van der Waals surface area contributed by atoms with Crippen LogP contribution in [0.1, 0.15) is 98.0 Å². The number of amides is 5. The zero-order valence-corrected chi connectivity index (χ0v) is 32.4. The Kier molecular flexibility index (Phi) is 19.0. The molecule has 0 bridgehead atoms. The predicted molar refractivity (Wildman–Crippen MR) is 197 cm³/mol. The van der Waals surface area contributed by atoms with Crippen LogP contribution in [0, 0.1) is 17.8 Å². The van der Waals surface area contributed by atoms with Gasteiger partial charge in [0, 0.05) is 12.3 Å². The Balaban J connectivity index is 3.00. The van der Waals surface area contributed by atoms with Gasteiger partial charge in [-0.3, -0.25) is 19.2 Å². The molecule has 288 valence electrons. The van der Waals surface area contributed by atoms with Gasteiger partial charge in [0.1, 0.15) is 23.7 Å². The van der Waals surface area contributed by atoms with E-state index in [-0.39, 0.29) is 35.6 Å². The van der Waals surface area contributed by atoms with E-state index in [0.717, 1.165) is 0 Å². The summed E-state index contributed by atoms with van der Waals surface area (Å²) in [6.07, 6.45) is -2.15. The molecule has 0 unspecified atom stereocenters. The van der Waals surface area contributed by atoms with E-state index in [9.17, 15) is 33.9 Å². The summed E-state index contributed by atoms with van der Waals surface area (Å²) in [6, 6.07) is 2.29. The highest BCUT2D eigenvalue weighted by Gasteiger charge is 2.33. The molecule has 1 aromatic rings. The van der Waals surface area contributed by atoms with Crippen molar-refractivity contribution in [1.82, 2.24) is 26.6 Å². The summed E-state index contributed by atoms with van der Waals surface area (Å²) in [6.45, 7) is 18.0. The molecule has 0 aromatic heterocycles. The first kappa shape index (κ1) is 45.2. The van der Waals surface area contributed by atoms with Crippen LogP contribution in [0.25, 0.3) is 0 Å². The van der Waals surface area contributed by atoms with Gasteiger partial charge in [-0.25, -0.2) is 9.59 Å². The number of rotatable bonds is 20. The second kappa shape index (κ2) is 21.5. The molecule has 7 N–H and O–H groups in total. The Bertz CT molecular complexity index is 1310. The quantitative estimate of drug-likeness (QED) is 0.104. The second-order valence-electron chi connectivity index (χ2n) is 14.6. The van der Waals surface area contributed by atoms with E-state index in [0.29, 0.717) is 17.7 Å². The number of nitrogens with one attached hydrogen (secondary N) is 5. The van der Waals surface area contributed by atoms with Gasteiger partial charge in [-0.05, 0) is 68.4 Å². The Morgan fingerprint density at radius 3 is 1.86 bits per heavy atom. The Hall–Kier alpha value is -3.85. The predicted octanol–water partition coefficient (Wildman–Crippen LogP) is 3.21. The number of alkyl carbamates (subject to hydrolysis) is 1. The van der Waals surface area contributed by atoms with Crippen LogP contribution in [0.5, 0.6) is 0 Å². The van der Waals surface area contributed by atoms with Crippen molar-refractivity contribution in [2.24, 2.45) is 17.8 Å². The maximum absolute atomic E-state index is 13.6. The van der Waals surface area contributed by atoms with Crippen molar-refractivity contribution < 1.29 is 43.7 Å². The number of aliphatic hydroxyl groups excluding tert-OH is 1. The first-order chi connectivity index (χ1) is 23.6. The third-order valence-corrected chi connectivity index (χ3v) is 8.57. The number of carbonyl (C=O) groups is 6. The van der Waals surface area contributed by atoms with E-state index < -0.39 is 78.0 Å². The fourth-order valence-electron chi connectivity index (χ4n) is 4.92. The molecule has 51 heavy (non-hydrogen) atoms. The minimum absolute atomic E-state index is 0.0215. The molecule has 0 heterocycles. The second-order valence-corrected chi connectivity index (χ2v) is 15.9. The molecular weight excluding hydrogens is 678 g/mol. The summed E-state index contributed by atoms with van der Waals surface area (Å²) in [4.78, 5) is 76.7. The number of ether oxygens (including phenoxy) is 1. The third kappa shape index (κ3) is 17.3. The number of aliphatic hydroxyl groups is 1. The fraction of sp³-hybridized carbons (Fsp3) is 0.667. The van der Waals surface area contributed by atoms with Gasteiger partial charge in [0.25, 0.3) is 0 Å². The third-order valence-electron chi connectivity index (χ3n) is 7.59. The summed E-state index contributed by atoms with van der Waals surface area (Å²) >= 11 is 1.43. The van der Waals surface area contributed by atoms with Crippen molar-refractivity contribution >= 4 is 47.5 Å². The summed E-state index contributed by atoms with van der Waals surface area (Å²) < 4.78 is 5.31. The molecule has 15 heteroatoms. The first-order valence-electron chi connectivity index (χ1n) is 17.4. The van der Waals surface area contributed by atoms with Crippen molar-refractivity contribution in [1.29, 1.82) is 0 Å². The molecule has 0 fully saturated rings. The number of carboxylic acids is 1. The molecule has 0 aliphatic rings. The molecule has 5 atom stereocenters.